The van der Waals surface area contributed by atoms with Gasteiger partial charge in [0.1, 0.15) is 6.61 Å². The highest BCUT2D eigenvalue weighted by atomic mass is 19.4. The quantitative estimate of drug-likeness (QED) is 0.773. The fraction of sp³-hybridized carbons (Fsp3) is 0.533. The third-order valence-electron chi connectivity index (χ3n) is 3.62. The molecule has 0 aromatic heterocycles. The van der Waals surface area contributed by atoms with Crippen molar-refractivity contribution in [3.8, 4) is 6.07 Å². The molecule has 1 aliphatic rings. The van der Waals surface area contributed by atoms with Crippen molar-refractivity contribution in [2.24, 2.45) is 5.41 Å². The molecule has 0 atom stereocenters. The highest BCUT2D eigenvalue weighted by Gasteiger charge is 2.36. The molecule has 1 aromatic carbocycles. The number of fused-ring (bicyclic) bond motifs is 1. The highest BCUT2D eigenvalue weighted by Crippen LogP contribution is 2.39. The largest absolute Gasteiger partial charge is 0.411 e. The molecular formula is C15H16F3NO. The lowest BCUT2D eigenvalue weighted by Crippen LogP contribution is -2.21. The van der Waals surface area contributed by atoms with E-state index in [4.69, 9.17) is 0 Å². The van der Waals surface area contributed by atoms with Gasteiger partial charge in [0.15, 0.2) is 0 Å². The van der Waals surface area contributed by atoms with Gasteiger partial charge in [-0.15, -0.1) is 0 Å². The Morgan fingerprint density at radius 2 is 1.80 bits per heavy atom. The molecule has 1 aliphatic carbocycles. The average Bonchev–Trinajstić information content (AvgIpc) is 2.76. The summed E-state index contributed by atoms with van der Waals surface area (Å²) in [5.41, 5.74) is 1.86. The smallest absolute Gasteiger partial charge is 0.372 e. The molecule has 0 unspecified atom stereocenters. The minimum atomic E-state index is -4.28. The first kappa shape index (κ1) is 14.9. The van der Waals surface area contributed by atoms with E-state index in [2.05, 4.69) is 10.8 Å². The van der Waals surface area contributed by atoms with Crippen molar-refractivity contribution in [3.05, 3.63) is 35.4 Å². The average molecular weight is 283 g/mol. The van der Waals surface area contributed by atoms with Crippen LogP contribution in [-0.2, 0) is 17.6 Å². The first-order valence-electron chi connectivity index (χ1n) is 6.57. The zero-order valence-corrected chi connectivity index (χ0v) is 11.0. The Bertz CT molecular complexity index is 480. The Labute approximate surface area is 116 Å². The number of halogens is 3. The Kier molecular flexibility index (Phi) is 4.34. The number of nitriles is 1. The Hall–Kier alpha value is -1.54. The molecule has 0 spiro atoms. The molecule has 0 fully saturated rings. The number of hydrogen-bond donors (Lipinski definition) is 0. The molecule has 0 radical (unpaired) electrons. The third kappa shape index (κ3) is 3.73. The standard InChI is InChI=1S/C15H16F3NO/c16-15(17,18)11-20-7-3-6-14(10-19)8-12-4-1-2-5-13(12)9-14/h1-2,4-5H,3,6-9,11H2. The van der Waals surface area contributed by atoms with Gasteiger partial charge < -0.3 is 4.74 Å². The summed E-state index contributed by atoms with van der Waals surface area (Å²) in [4.78, 5) is 0. The second-order valence-corrected chi connectivity index (χ2v) is 5.29. The van der Waals surface area contributed by atoms with Gasteiger partial charge in [0, 0.05) is 6.61 Å². The molecule has 0 saturated heterocycles. The van der Waals surface area contributed by atoms with E-state index in [1.54, 1.807) is 0 Å². The van der Waals surface area contributed by atoms with Crippen LogP contribution in [0, 0.1) is 16.7 Å². The van der Waals surface area contributed by atoms with E-state index < -0.39 is 18.2 Å². The predicted molar refractivity (Wildman–Crippen MR) is 68.0 cm³/mol. The number of hydrogen-bond acceptors (Lipinski definition) is 2. The molecule has 2 nitrogen and oxygen atoms in total. The van der Waals surface area contributed by atoms with Crippen LogP contribution >= 0.6 is 0 Å². The van der Waals surface area contributed by atoms with Gasteiger partial charge in [-0.2, -0.15) is 18.4 Å². The molecule has 0 bridgehead atoms. The summed E-state index contributed by atoms with van der Waals surface area (Å²) >= 11 is 0. The number of nitrogens with zero attached hydrogens (tertiary/aromatic N) is 1. The summed E-state index contributed by atoms with van der Waals surface area (Å²) in [6, 6.07) is 10.3. The Morgan fingerprint density at radius 1 is 1.20 bits per heavy atom. The van der Waals surface area contributed by atoms with Crippen LogP contribution in [0.15, 0.2) is 24.3 Å². The van der Waals surface area contributed by atoms with E-state index >= 15 is 0 Å². The van der Waals surface area contributed by atoms with Gasteiger partial charge >= 0.3 is 6.18 Å². The first-order valence-corrected chi connectivity index (χ1v) is 6.57. The second kappa shape index (κ2) is 5.84. The molecule has 2 rings (SSSR count). The van der Waals surface area contributed by atoms with Crippen LogP contribution in [0.25, 0.3) is 0 Å². The van der Waals surface area contributed by atoms with Gasteiger partial charge in [-0.3, -0.25) is 0 Å². The minimum Gasteiger partial charge on any atom is -0.372 e. The lowest BCUT2D eigenvalue weighted by Gasteiger charge is -2.20. The van der Waals surface area contributed by atoms with Crippen molar-refractivity contribution < 1.29 is 17.9 Å². The molecule has 0 saturated carbocycles. The van der Waals surface area contributed by atoms with Crippen molar-refractivity contribution in [1.29, 1.82) is 5.26 Å². The first-order chi connectivity index (χ1) is 9.44. The van der Waals surface area contributed by atoms with Gasteiger partial charge in [-0.05, 0) is 36.8 Å². The summed E-state index contributed by atoms with van der Waals surface area (Å²) in [6.07, 6.45) is -1.89. The molecule has 20 heavy (non-hydrogen) atoms. The zero-order valence-electron chi connectivity index (χ0n) is 11.0. The van der Waals surface area contributed by atoms with E-state index in [1.165, 1.54) is 11.1 Å². The number of rotatable bonds is 5. The van der Waals surface area contributed by atoms with Crippen LogP contribution in [-0.4, -0.2) is 19.4 Å². The Morgan fingerprint density at radius 3 is 2.30 bits per heavy atom. The molecular weight excluding hydrogens is 267 g/mol. The SMILES string of the molecule is N#CC1(CCCOCC(F)(F)F)Cc2ccccc2C1. The maximum Gasteiger partial charge on any atom is 0.411 e. The van der Waals surface area contributed by atoms with Crippen molar-refractivity contribution in [3.63, 3.8) is 0 Å². The molecule has 108 valence electrons. The Balaban J connectivity index is 1.82. The summed E-state index contributed by atoms with van der Waals surface area (Å²) in [5, 5.41) is 9.40. The van der Waals surface area contributed by atoms with Gasteiger partial charge in [0.2, 0.25) is 0 Å². The summed E-state index contributed by atoms with van der Waals surface area (Å²) < 4.78 is 40.4. The fourth-order valence-corrected chi connectivity index (χ4v) is 2.71. The minimum absolute atomic E-state index is 0.0410. The molecule has 5 heteroatoms. The van der Waals surface area contributed by atoms with Crippen LogP contribution < -0.4 is 0 Å². The lowest BCUT2D eigenvalue weighted by molar-refractivity contribution is -0.174. The zero-order chi connectivity index (χ0) is 14.6. The van der Waals surface area contributed by atoms with Gasteiger partial charge in [0.25, 0.3) is 0 Å². The van der Waals surface area contributed by atoms with Gasteiger partial charge in [-0.25, -0.2) is 0 Å². The summed E-state index contributed by atoms with van der Waals surface area (Å²) in [7, 11) is 0. The predicted octanol–water partition coefficient (Wildman–Crippen LogP) is 3.65. The van der Waals surface area contributed by atoms with Crippen molar-refractivity contribution in [2.45, 2.75) is 31.9 Å². The van der Waals surface area contributed by atoms with Crippen LogP contribution in [0.4, 0.5) is 13.2 Å². The van der Waals surface area contributed by atoms with Crippen LogP contribution in [0.5, 0.6) is 0 Å². The number of alkyl halides is 3. The maximum atomic E-state index is 11.9. The molecule has 0 N–H and O–H groups in total. The van der Waals surface area contributed by atoms with Crippen molar-refractivity contribution >= 4 is 0 Å². The van der Waals surface area contributed by atoms with Gasteiger partial charge in [-0.1, -0.05) is 24.3 Å². The van der Waals surface area contributed by atoms with Crippen LogP contribution in [0.1, 0.15) is 24.0 Å². The fourth-order valence-electron chi connectivity index (χ4n) is 2.71. The topological polar surface area (TPSA) is 33.0 Å². The normalized spacial score (nSPS) is 16.7. The van der Waals surface area contributed by atoms with E-state index in [1.807, 2.05) is 24.3 Å². The third-order valence-corrected chi connectivity index (χ3v) is 3.62. The molecule has 0 heterocycles. The summed E-state index contributed by atoms with van der Waals surface area (Å²) in [6.45, 7) is -1.17. The number of ether oxygens (including phenoxy) is 1. The lowest BCUT2D eigenvalue weighted by atomic mass is 9.82. The monoisotopic (exact) mass is 283 g/mol. The van der Waals surface area contributed by atoms with E-state index in [-0.39, 0.29) is 6.61 Å². The maximum absolute atomic E-state index is 11.9. The second-order valence-electron chi connectivity index (χ2n) is 5.29. The number of benzene rings is 1. The van der Waals surface area contributed by atoms with Gasteiger partial charge in [0.05, 0.1) is 11.5 Å². The van der Waals surface area contributed by atoms with Crippen LogP contribution in [0.3, 0.4) is 0 Å². The van der Waals surface area contributed by atoms with Crippen LogP contribution in [0.2, 0.25) is 0 Å². The molecule has 1 aromatic rings. The summed E-state index contributed by atoms with van der Waals surface area (Å²) in [5.74, 6) is 0. The van der Waals surface area contributed by atoms with E-state index in [0.717, 1.165) is 0 Å². The molecule has 0 amide bonds. The highest BCUT2D eigenvalue weighted by molar-refractivity contribution is 5.36. The molecule has 0 aliphatic heterocycles. The van der Waals surface area contributed by atoms with E-state index in [0.29, 0.717) is 25.7 Å². The van der Waals surface area contributed by atoms with Crippen molar-refractivity contribution in [1.82, 2.24) is 0 Å². The van der Waals surface area contributed by atoms with Crippen molar-refractivity contribution in [2.75, 3.05) is 13.2 Å². The van der Waals surface area contributed by atoms with E-state index in [9.17, 15) is 18.4 Å².